The van der Waals surface area contributed by atoms with Crippen molar-refractivity contribution in [3.05, 3.63) is 101 Å². The van der Waals surface area contributed by atoms with E-state index >= 15 is 0 Å². The van der Waals surface area contributed by atoms with E-state index in [0.29, 0.717) is 17.1 Å². The predicted octanol–water partition coefficient (Wildman–Crippen LogP) is 5.76. The molecule has 2 aromatic carbocycles. The number of rotatable bonds is 5. The molecule has 1 aliphatic heterocycles. The van der Waals surface area contributed by atoms with Crippen LogP contribution in [0.3, 0.4) is 0 Å². The van der Waals surface area contributed by atoms with Gasteiger partial charge < -0.3 is 5.32 Å². The van der Waals surface area contributed by atoms with Gasteiger partial charge in [0, 0.05) is 27.6 Å². The molecular weight excluding hydrogens is 440 g/mol. The summed E-state index contributed by atoms with van der Waals surface area (Å²) in [6.45, 7) is 3.94. The number of halogens is 1. The molecule has 1 saturated heterocycles. The summed E-state index contributed by atoms with van der Waals surface area (Å²) in [7, 11) is 0. The first-order valence-corrected chi connectivity index (χ1v) is 11.4. The van der Waals surface area contributed by atoms with Crippen molar-refractivity contribution in [3.8, 4) is 11.3 Å². The number of allylic oxidation sites excluding steroid dienone is 1. The lowest BCUT2D eigenvalue weighted by atomic mass is 10.1. The van der Waals surface area contributed by atoms with Crippen LogP contribution in [0.25, 0.3) is 23.0 Å². The molecule has 5 nitrogen and oxygen atoms in total. The van der Waals surface area contributed by atoms with E-state index in [1.165, 1.54) is 5.56 Å². The molecule has 4 aromatic rings. The Morgan fingerprint density at radius 3 is 2.75 bits per heavy atom. The topological polar surface area (TPSA) is 59.3 Å². The maximum Gasteiger partial charge on any atom is 0.228 e. The van der Waals surface area contributed by atoms with Crippen LogP contribution >= 0.6 is 23.4 Å². The van der Waals surface area contributed by atoms with E-state index in [-0.39, 0.29) is 5.91 Å². The van der Waals surface area contributed by atoms with Gasteiger partial charge in [0.25, 0.3) is 0 Å². The van der Waals surface area contributed by atoms with Crippen LogP contribution in [0.1, 0.15) is 17.5 Å². The van der Waals surface area contributed by atoms with Gasteiger partial charge in [0.05, 0.1) is 18.3 Å². The molecule has 0 unspecified atom stereocenters. The number of carbonyl (C=O) groups excluding carboxylic acids is 1. The zero-order valence-corrected chi connectivity index (χ0v) is 18.7. The Labute approximate surface area is 194 Å². The summed E-state index contributed by atoms with van der Waals surface area (Å²) in [5.74, 6) is 0.755. The highest BCUT2D eigenvalue weighted by molar-refractivity contribution is 7.98. The molecule has 1 amide bonds. The van der Waals surface area contributed by atoms with Crippen LogP contribution in [0, 0.1) is 0 Å². The number of fused-ring (bicyclic) bond motifs is 1. The number of thioether (sulfide) groups is 1. The van der Waals surface area contributed by atoms with Gasteiger partial charge in [-0.15, -0.1) is 11.8 Å². The minimum Gasteiger partial charge on any atom is -0.326 e. The molecule has 1 aliphatic rings. The van der Waals surface area contributed by atoms with Crippen molar-refractivity contribution in [1.29, 1.82) is 0 Å². The van der Waals surface area contributed by atoms with Crippen molar-refractivity contribution in [2.24, 2.45) is 0 Å². The van der Waals surface area contributed by atoms with Gasteiger partial charge in [-0.1, -0.05) is 60.6 Å². The van der Waals surface area contributed by atoms with Crippen LogP contribution < -0.4 is 5.32 Å². The third-order valence-corrected chi connectivity index (χ3v) is 6.47. The highest BCUT2D eigenvalue weighted by Crippen LogP contribution is 2.31. The number of hydrogen-bond donors (Lipinski definition) is 1. The minimum atomic E-state index is -0.0515. The average molecular weight is 459 g/mol. The predicted molar refractivity (Wildman–Crippen MR) is 129 cm³/mol. The molecular formula is C25H19ClN4OS. The SMILES string of the molecule is C=C1NC(=O)C/C1=C\c1cnn2c(SCc3ccccc3)cc(-c3cccc(Cl)c3)nc12. The Morgan fingerprint density at radius 1 is 1.16 bits per heavy atom. The van der Waals surface area contributed by atoms with Gasteiger partial charge in [-0.2, -0.15) is 5.10 Å². The van der Waals surface area contributed by atoms with Crippen LogP contribution in [0.2, 0.25) is 5.02 Å². The summed E-state index contributed by atoms with van der Waals surface area (Å²) in [6, 6.07) is 20.0. The zero-order chi connectivity index (χ0) is 22.1. The van der Waals surface area contributed by atoms with E-state index in [1.54, 1.807) is 18.0 Å². The smallest absolute Gasteiger partial charge is 0.228 e. The Morgan fingerprint density at radius 2 is 2.00 bits per heavy atom. The van der Waals surface area contributed by atoms with Gasteiger partial charge in [0.15, 0.2) is 5.65 Å². The summed E-state index contributed by atoms with van der Waals surface area (Å²) in [6.07, 6.45) is 4.02. The second-order valence-corrected chi connectivity index (χ2v) is 8.90. The van der Waals surface area contributed by atoms with E-state index in [9.17, 15) is 4.79 Å². The lowest BCUT2D eigenvalue weighted by Gasteiger charge is -2.09. The van der Waals surface area contributed by atoms with Crippen molar-refractivity contribution in [2.75, 3.05) is 0 Å². The van der Waals surface area contributed by atoms with E-state index in [4.69, 9.17) is 16.6 Å². The highest BCUT2D eigenvalue weighted by Gasteiger charge is 2.20. The summed E-state index contributed by atoms with van der Waals surface area (Å²) < 4.78 is 1.85. The van der Waals surface area contributed by atoms with E-state index in [2.05, 4.69) is 29.1 Å². The molecule has 3 heterocycles. The lowest BCUT2D eigenvalue weighted by molar-refractivity contribution is -0.118. The van der Waals surface area contributed by atoms with Crippen molar-refractivity contribution < 1.29 is 4.79 Å². The molecule has 0 bridgehead atoms. The Balaban J connectivity index is 1.61. The number of amides is 1. The first-order chi connectivity index (χ1) is 15.6. The average Bonchev–Trinajstić information content (AvgIpc) is 3.35. The number of aromatic nitrogens is 3. The molecule has 2 aromatic heterocycles. The van der Waals surface area contributed by atoms with E-state index < -0.39 is 0 Å². The molecule has 0 atom stereocenters. The second-order valence-electron chi connectivity index (χ2n) is 7.47. The van der Waals surface area contributed by atoms with Gasteiger partial charge in [-0.05, 0) is 35.4 Å². The Kier molecular flexibility index (Phi) is 5.55. The maximum absolute atomic E-state index is 11.7. The molecule has 1 fully saturated rings. The van der Waals surface area contributed by atoms with Crippen molar-refractivity contribution in [1.82, 2.24) is 19.9 Å². The molecule has 0 spiro atoms. The molecule has 7 heteroatoms. The molecule has 32 heavy (non-hydrogen) atoms. The van der Waals surface area contributed by atoms with Gasteiger partial charge in [0.1, 0.15) is 5.03 Å². The largest absolute Gasteiger partial charge is 0.326 e. The van der Waals surface area contributed by atoms with Gasteiger partial charge >= 0.3 is 0 Å². The van der Waals surface area contributed by atoms with Gasteiger partial charge in [0.2, 0.25) is 5.91 Å². The first-order valence-electron chi connectivity index (χ1n) is 10.1. The zero-order valence-electron chi connectivity index (χ0n) is 17.1. The highest BCUT2D eigenvalue weighted by atomic mass is 35.5. The summed E-state index contributed by atoms with van der Waals surface area (Å²) in [5, 5.41) is 8.98. The minimum absolute atomic E-state index is 0.0515. The van der Waals surface area contributed by atoms with Crippen molar-refractivity contribution in [2.45, 2.75) is 17.2 Å². The molecule has 5 rings (SSSR count). The number of hydrogen-bond acceptors (Lipinski definition) is 4. The van der Waals surface area contributed by atoms with Crippen LogP contribution in [0.15, 0.2) is 89.7 Å². The summed E-state index contributed by atoms with van der Waals surface area (Å²) in [4.78, 5) is 16.6. The third kappa shape index (κ3) is 4.20. The van der Waals surface area contributed by atoms with Crippen molar-refractivity contribution in [3.63, 3.8) is 0 Å². The van der Waals surface area contributed by atoms with E-state index in [0.717, 1.165) is 38.8 Å². The summed E-state index contributed by atoms with van der Waals surface area (Å²) >= 11 is 7.93. The Hall–Kier alpha value is -3.35. The van der Waals surface area contributed by atoms with Crippen LogP contribution in [-0.2, 0) is 10.5 Å². The monoisotopic (exact) mass is 458 g/mol. The van der Waals surface area contributed by atoms with Gasteiger partial charge in [-0.3, -0.25) is 4.79 Å². The standard InChI is InChI=1S/C25H19ClN4OS/c1-16-19(12-23(31)28-16)10-20-14-27-30-24(32-15-17-6-3-2-4-7-17)13-22(29-25(20)30)18-8-5-9-21(26)11-18/h2-11,13-14H,1,12,15H2,(H,28,31)/b19-10+. The number of nitrogens with one attached hydrogen (secondary N) is 1. The van der Waals surface area contributed by atoms with Crippen molar-refractivity contribution >= 4 is 41.0 Å². The second kappa shape index (κ2) is 8.65. The lowest BCUT2D eigenvalue weighted by Crippen LogP contribution is -2.10. The number of nitrogens with zero attached hydrogens (tertiary/aromatic N) is 3. The van der Waals surface area contributed by atoms with E-state index in [1.807, 2.05) is 59.1 Å². The van der Waals surface area contributed by atoms with Gasteiger partial charge in [-0.25, -0.2) is 9.50 Å². The fourth-order valence-electron chi connectivity index (χ4n) is 3.58. The van der Waals surface area contributed by atoms with Crippen LogP contribution in [-0.4, -0.2) is 20.5 Å². The maximum atomic E-state index is 11.7. The quantitative estimate of drug-likeness (QED) is 0.305. The Bertz CT molecular complexity index is 1380. The normalized spacial score (nSPS) is 15.0. The summed E-state index contributed by atoms with van der Waals surface area (Å²) in [5.41, 5.74) is 6.00. The fraction of sp³-hybridized carbons (Fsp3) is 0.0800. The third-order valence-electron chi connectivity index (χ3n) is 5.18. The van der Waals surface area contributed by atoms with Crippen LogP contribution in [0.4, 0.5) is 0 Å². The molecule has 158 valence electrons. The number of benzene rings is 2. The molecule has 0 aliphatic carbocycles. The van der Waals surface area contributed by atoms with Crippen LogP contribution in [0.5, 0.6) is 0 Å². The molecule has 1 N–H and O–H groups in total. The molecule has 0 saturated carbocycles. The number of carbonyl (C=O) groups is 1. The molecule has 0 radical (unpaired) electrons. The fourth-order valence-corrected chi connectivity index (χ4v) is 4.73. The first kappa shape index (κ1) is 20.5.